The molecule has 2 aliphatic rings. The van der Waals surface area contributed by atoms with Gasteiger partial charge in [0.15, 0.2) is 0 Å². The molecule has 3 heteroatoms. The highest BCUT2D eigenvalue weighted by molar-refractivity contribution is 5.29. The van der Waals surface area contributed by atoms with Crippen LogP contribution in [0.3, 0.4) is 0 Å². The number of nitrogens with one attached hydrogen (secondary N) is 1. The van der Waals surface area contributed by atoms with Crippen LogP contribution in [0.25, 0.3) is 0 Å². The second-order valence-corrected chi connectivity index (χ2v) is 4.59. The zero-order chi connectivity index (χ0) is 9.38. The van der Waals surface area contributed by atoms with Gasteiger partial charge in [-0.3, -0.25) is 0 Å². The molecule has 0 saturated heterocycles. The lowest BCUT2D eigenvalue weighted by Gasteiger charge is -2.08. The molecule has 0 amide bonds. The molecule has 3 rings (SSSR count). The van der Waals surface area contributed by atoms with Gasteiger partial charge in [-0.2, -0.15) is 0 Å². The quantitative estimate of drug-likeness (QED) is 0.773. The molecule has 0 radical (unpaired) electrons. The monoisotopic (exact) mass is 191 g/mol. The third-order valence-corrected chi connectivity index (χ3v) is 3.10. The van der Waals surface area contributed by atoms with Crippen molar-refractivity contribution in [3.8, 4) is 0 Å². The minimum atomic E-state index is 0.706. The van der Waals surface area contributed by atoms with Crippen LogP contribution in [0, 0.1) is 5.92 Å². The van der Waals surface area contributed by atoms with Gasteiger partial charge in [0, 0.05) is 25.0 Å². The Morgan fingerprint density at radius 1 is 1.36 bits per heavy atom. The number of anilines is 1. The van der Waals surface area contributed by atoms with Crippen molar-refractivity contribution >= 4 is 5.95 Å². The Labute approximate surface area is 84.5 Å². The normalized spacial score (nSPS) is 21.1. The number of hydrogen-bond acceptors (Lipinski definition) is 2. The van der Waals surface area contributed by atoms with Crippen LogP contribution in [-0.4, -0.2) is 15.6 Å². The summed E-state index contributed by atoms with van der Waals surface area (Å²) >= 11 is 0. The first-order chi connectivity index (χ1) is 6.92. The van der Waals surface area contributed by atoms with E-state index in [2.05, 4.69) is 21.1 Å². The highest BCUT2D eigenvalue weighted by atomic mass is 15.2. The molecule has 1 aromatic heterocycles. The smallest absolute Gasteiger partial charge is 0.202 e. The maximum absolute atomic E-state index is 4.35. The van der Waals surface area contributed by atoms with E-state index in [9.17, 15) is 0 Å². The van der Waals surface area contributed by atoms with E-state index in [0.717, 1.165) is 18.4 Å². The van der Waals surface area contributed by atoms with Crippen molar-refractivity contribution in [2.45, 2.75) is 44.7 Å². The first-order valence-electron chi connectivity index (χ1n) is 5.69. The van der Waals surface area contributed by atoms with Crippen LogP contribution >= 0.6 is 0 Å². The maximum atomic E-state index is 4.35. The summed E-state index contributed by atoms with van der Waals surface area (Å²) in [5.41, 5.74) is 0. The van der Waals surface area contributed by atoms with Gasteiger partial charge < -0.3 is 9.88 Å². The molecule has 0 spiro atoms. The van der Waals surface area contributed by atoms with E-state index in [4.69, 9.17) is 0 Å². The van der Waals surface area contributed by atoms with Crippen molar-refractivity contribution < 1.29 is 0 Å². The van der Waals surface area contributed by atoms with Gasteiger partial charge >= 0.3 is 0 Å². The topological polar surface area (TPSA) is 29.9 Å². The van der Waals surface area contributed by atoms with Gasteiger partial charge in [0.05, 0.1) is 0 Å². The number of aryl methyl sites for hydroxylation is 1. The van der Waals surface area contributed by atoms with Crippen molar-refractivity contribution in [2.24, 2.45) is 5.92 Å². The van der Waals surface area contributed by atoms with Crippen LogP contribution in [0.15, 0.2) is 12.4 Å². The fourth-order valence-corrected chi connectivity index (χ4v) is 1.77. The third-order valence-electron chi connectivity index (χ3n) is 3.10. The molecule has 0 aromatic carbocycles. The Hall–Kier alpha value is -0.990. The zero-order valence-corrected chi connectivity index (χ0v) is 8.45. The molecule has 1 N–H and O–H groups in total. The fourth-order valence-electron chi connectivity index (χ4n) is 1.77. The molecule has 76 valence electrons. The average molecular weight is 191 g/mol. The molecule has 0 unspecified atom stereocenters. The number of hydrogen-bond donors (Lipinski definition) is 1. The first-order valence-corrected chi connectivity index (χ1v) is 5.69. The molecule has 2 aliphatic carbocycles. The number of nitrogens with zero attached hydrogens (tertiary/aromatic N) is 2. The Kier molecular flexibility index (Phi) is 1.96. The average Bonchev–Trinajstić information content (AvgIpc) is 3.05. The predicted molar refractivity (Wildman–Crippen MR) is 56.2 cm³/mol. The van der Waals surface area contributed by atoms with Gasteiger partial charge in [0.2, 0.25) is 5.95 Å². The van der Waals surface area contributed by atoms with E-state index in [1.165, 1.54) is 32.1 Å². The fraction of sp³-hybridized carbons (Fsp3) is 0.727. The molecule has 3 nitrogen and oxygen atoms in total. The van der Waals surface area contributed by atoms with E-state index >= 15 is 0 Å². The summed E-state index contributed by atoms with van der Waals surface area (Å²) in [5, 5.41) is 3.46. The summed E-state index contributed by atoms with van der Waals surface area (Å²) < 4.78 is 2.26. The van der Waals surface area contributed by atoms with E-state index in [0.29, 0.717) is 6.04 Å². The van der Waals surface area contributed by atoms with Gasteiger partial charge in [-0.15, -0.1) is 0 Å². The van der Waals surface area contributed by atoms with Crippen molar-refractivity contribution in [3.05, 3.63) is 12.4 Å². The lowest BCUT2D eigenvalue weighted by Crippen LogP contribution is -2.09. The Bertz CT molecular complexity index is 310. The second kappa shape index (κ2) is 3.30. The molecule has 14 heavy (non-hydrogen) atoms. The summed E-state index contributed by atoms with van der Waals surface area (Å²) in [7, 11) is 0. The number of rotatable bonds is 5. The minimum Gasteiger partial charge on any atom is -0.353 e. The van der Waals surface area contributed by atoms with Crippen LogP contribution in [0.2, 0.25) is 0 Å². The Morgan fingerprint density at radius 2 is 2.21 bits per heavy atom. The van der Waals surface area contributed by atoms with Crippen LogP contribution in [0.1, 0.15) is 32.1 Å². The second-order valence-electron chi connectivity index (χ2n) is 4.59. The SMILES string of the molecule is c1cn(CCC2CC2)c(NC2CC2)n1. The lowest BCUT2D eigenvalue weighted by atomic mass is 10.3. The minimum absolute atomic E-state index is 0.706. The Morgan fingerprint density at radius 3 is 2.93 bits per heavy atom. The molecule has 0 aliphatic heterocycles. The van der Waals surface area contributed by atoms with E-state index < -0.39 is 0 Å². The Balaban J connectivity index is 1.59. The molecule has 1 aromatic rings. The van der Waals surface area contributed by atoms with Crippen molar-refractivity contribution in [1.29, 1.82) is 0 Å². The van der Waals surface area contributed by atoms with Crippen LogP contribution in [-0.2, 0) is 6.54 Å². The van der Waals surface area contributed by atoms with Crippen LogP contribution in [0.4, 0.5) is 5.95 Å². The van der Waals surface area contributed by atoms with E-state index in [-0.39, 0.29) is 0 Å². The van der Waals surface area contributed by atoms with Gasteiger partial charge in [-0.05, 0) is 25.2 Å². The zero-order valence-electron chi connectivity index (χ0n) is 8.45. The van der Waals surface area contributed by atoms with Crippen molar-refractivity contribution in [3.63, 3.8) is 0 Å². The van der Waals surface area contributed by atoms with Gasteiger partial charge in [0.1, 0.15) is 0 Å². The van der Waals surface area contributed by atoms with Crippen LogP contribution in [0.5, 0.6) is 0 Å². The molecular weight excluding hydrogens is 174 g/mol. The molecular formula is C11H17N3. The maximum Gasteiger partial charge on any atom is 0.202 e. The third kappa shape index (κ3) is 1.91. The molecule has 2 saturated carbocycles. The molecule has 2 fully saturated rings. The summed E-state index contributed by atoms with van der Waals surface area (Å²) in [4.78, 5) is 4.35. The highest BCUT2D eigenvalue weighted by Crippen LogP contribution is 2.33. The van der Waals surface area contributed by atoms with Gasteiger partial charge in [-0.25, -0.2) is 4.98 Å². The van der Waals surface area contributed by atoms with E-state index in [1.807, 2.05) is 6.20 Å². The lowest BCUT2D eigenvalue weighted by molar-refractivity contribution is 0.599. The number of aromatic nitrogens is 2. The molecule has 0 bridgehead atoms. The van der Waals surface area contributed by atoms with Crippen LogP contribution < -0.4 is 5.32 Å². The number of imidazole rings is 1. The van der Waals surface area contributed by atoms with Crippen molar-refractivity contribution in [1.82, 2.24) is 9.55 Å². The molecule has 1 heterocycles. The van der Waals surface area contributed by atoms with Gasteiger partial charge in [0.25, 0.3) is 0 Å². The standard InChI is InChI=1S/C11H17N3/c1-2-9(1)5-7-14-8-6-12-11(14)13-10-3-4-10/h6,8-10H,1-5,7H2,(H,12,13). The summed E-state index contributed by atoms with van der Waals surface area (Å²) in [6.07, 6.45) is 10.8. The van der Waals surface area contributed by atoms with Crippen molar-refractivity contribution in [2.75, 3.05) is 5.32 Å². The predicted octanol–water partition coefficient (Wildman–Crippen LogP) is 2.26. The highest BCUT2D eigenvalue weighted by Gasteiger charge is 2.24. The van der Waals surface area contributed by atoms with Gasteiger partial charge in [-0.1, -0.05) is 12.8 Å². The summed E-state index contributed by atoms with van der Waals surface area (Å²) in [6.45, 7) is 1.14. The van der Waals surface area contributed by atoms with E-state index in [1.54, 1.807) is 0 Å². The largest absolute Gasteiger partial charge is 0.353 e. The molecule has 0 atom stereocenters. The summed E-state index contributed by atoms with van der Waals surface area (Å²) in [5.74, 6) is 2.08. The summed E-state index contributed by atoms with van der Waals surface area (Å²) in [6, 6.07) is 0.706. The first kappa shape index (κ1) is 8.33.